The lowest BCUT2D eigenvalue weighted by Gasteiger charge is -2.22. The van der Waals surface area contributed by atoms with E-state index in [2.05, 4.69) is 5.32 Å². The van der Waals surface area contributed by atoms with E-state index in [0.29, 0.717) is 13.0 Å². The Morgan fingerprint density at radius 3 is 2.55 bits per heavy atom. The molecule has 0 spiro atoms. The lowest BCUT2D eigenvalue weighted by molar-refractivity contribution is -0.118. The molecule has 0 saturated heterocycles. The molecule has 0 heterocycles. The molecule has 0 aliphatic heterocycles. The fourth-order valence-electron chi connectivity index (χ4n) is 0.580. The molecule has 0 fully saturated rings. The van der Waals surface area contributed by atoms with Gasteiger partial charge in [0.25, 0.3) is 0 Å². The smallest absolute Gasteiger partial charge is 0.218 e. The summed E-state index contributed by atoms with van der Waals surface area (Å²) in [6.45, 7) is 4.27. The summed E-state index contributed by atoms with van der Waals surface area (Å²) < 4.78 is 0. The number of carbonyl (C=O) groups is 1. The average Bonchev–Trinajstić information content (AvgIpc) is 1.87. The van der Waals surface area contributed by atoms with Gasteiger partial charge in [0.15, 0.2) is 0 Å². The number of hydrogen-bond acceptors (Lipinski definition) is 3. The van der Waals surface area contributed by atoms with Crippen molar-refractivity contribution in [3.8, 4) is 0 Å². The highest BCUT2D eigenvalue weighted by atomic mass is 16.3. The van der Waals surface area contributed by atoms with E-state index in [-0.39, 0.29) is 18.1 Å². The van der Waals surface area contributed by atoms with Gasteiger partial charge in [0.2, 0.25) is 5.91 Å². The fourth-order valence-corrected chi connectivity index (χ4v) is 0.580. The summed E-state index contributed by atoms with van der Waals surface area (Å²) in [7, 11) is 0. The molecule has 0 radical (unpaired) electrons. The minimum absolute atomic E-state index is 0.0474. The molecular weight excluding hydrogens is 144 g/mol. The standard InChI is InChI=1S/C7H16N2O2/c1-7(2,5-10)9-4-3-6(8)11/h9-10H,3-5H2,1-2H3,(H2,8,11). The molecule has 4 nitrogen and oxygen atoms in total. The fraction of sp³-hybridized carbons (Fsp3) is 0.857. The quantitative estimate of drug-likeness (QED) is 0.494. The highest BCUT2D eigenvalue weighted by Crippen LogP contribution is 1.98. The lowest BCUT2D eigenvalue weighted by atomic mass is 10.1. The molecule has 4 N–H and O–H groups in total. The molecule has 0 aliphatic carbocycles. The molecule has 0 bridgehead atoms. The predicted molar refractivity (Wildman–Crippen MR) is 43.0 cm³/mol. The third kappa shape index (κ3) is 5.82. The van der Waals surface area contributed by atoms with Crippen molar-refractivity contribution in [2.75, 3.05) is 13.2 Å². The second-order valence-corrected chi connectivity index (χ2v) is 3.19. The Balaban J connectivity index is 3.45. The van der Waals surface area contributed by atoms with Gasteiger partial charge in [-0.3, -0.25) is 4.79 Å². The maximum atomic E-state index is 10.3. The Labute approximate surface area is 66.8 Å². The lowest BCUT2D eigenvalue weighted by Crippen LogP contribution is -2.43. The maximum Gasteiger partial charge on any atom is 0.218 e. The monoisotopic (exact) mass is 160 g/mol. The zero-order chi connectivity index (χ0) is 8.91. The molecule has 0 aromatic rings. The van der Waals surface area contributed by atoms with Crippen molar-refractivity contribution >= 4 is 5.91 Å². The van der Waals surface area contributed by atoms with Crippen molar-refractivity contribution in [2.24, 2.45) is 5.73 Å². The van der Waals surface area contributed by atoms with Gasteiger partial charge in [-0.2, -0.15) is 0 Å². The number of primary amides is 1. The number of aliphatic hydroxyl groups excluding tert-OH is 1. The molecule has 11 heavy (non-hydrogen) atoms. The van der Waals surface area contributed by atoms with Crippen LogP contribution in [0.3, 0.4) is 0 Å². The van der Waals surface area contributed by atoms with Crippen molar-refractivity contribution in [3.63, 3.8) is 0 Å². The largest absolute Gasteiger partial charge is 0.394 e. The van der Waals surface area contributed by atoms with Crippen LogP contribution in [0.15, 0.2) is 0 Å². The molecule has 0 rings (SSSR count). The summed E-state index contributed by atoms with van der Waals surface area (Å²) in [6.07, 6.45) is 0.309. The van der Waals surface area contributed by atoms with Crippen LogP contribution < -0.4 is 11.1 Å². The Kier molecular flexibility index (Phi) is 4.07. The van der Waals surface area contributed by atoms with E-state index in [1.165, 1.54) is 0 Å². The van der Waals surface area contributed by atoms with Crippen molar-refractivity contribution in [2.45, 2.75) is 25.8 Å². The van der Waals surface area contributed by atoms with Gasteiger partial charge in [-0.05, 0) is 13.8 Å². The van der Waals surface area contributed by atoms with E-state index >= 15 is 0 Å². The van der Waals surface area contributed by atoms with E-state index < -0.39 is 0 Å². The van der Waals surface area contributed by atoms with E-state index in [1.807, 2.05) is 13.8 Å². The van der Waals surface area contributed by atoms with Gasteiger partial charge in [0.1, 0.15) is 0 Å². The van der Waals surface area contributed by atoms with Gasteiger partial charge in [-0.1, -0.05) is 0 Å². The Morgan fingerprint density at radius 2 is 2.18 bits per heavy atom. The summed E-state index contributed by atoms with van der Waals surface area (Å²) in [5.41, 5.74) is 4.60. The van der Waals surface area contributed by atoms with Gasteiger partial charge < -0.3 is 16.2 Å². The number of carbonyl (C=O) groups excluding carboxylic acids is 1. The van der Waals surface area contributed by atoms with Crippen LogP contribution in [-0.2, 0) is 4.79 Å². The number of amides is 1. The Bertz CT molecular complexity index is 134. The summed E-state index contributed by atoms with van der Waals surface area (Å²) in [5.74, 6) is -0.328. The number of rotatable bonds is 5. The SMILES string of the molecule is CC(C)(CO)NCCC(N)=O. The number of hydrogen-bond donors (Lipinski definition) is 3. The molecular formula is C7H16N2O2. The van der Waals surface area contributed by atoms with Crippen molar-refractivity contribution in [1.82, 2.24) is 5.32 Å². The Hall–Kier alpha value is -0.610. The molecule has 0 aliphatic rings. The van der Waals surface area contributed by atoms with Crippen molar-refractivity contribution < 1.29 is 9.90 Å². The minimum atomic E-state index is -0.328. The molecule has 0 unspecified atom stereocenters. The van der Waals surface area contributed by atoms with Gasteiger partial charge >= 0.3 is 0 Å². The first-order valence-electron chi connectivity index (χ1n) is 3.62. The van der Waals surface area contributed by atoms with Crippen LogP contribution in [0.5, 0.6) is 0 Å². The van der Waals surface area contributed by atoms with Crippen LogP contribution in [0.25, 0.3) is 0 Å². The van der Waals surface area contributed by atoms with Crippen LogP contribution in [0.4, 0.5) is 0 Å². The van der Waals surface area contributed by atoms with Gasteiger partial charge in [0, 0.05) is 18.5 Å². The van der Waals surface area contributed by atoms with Crippen molar-refractivity contribution in [1.29, 1.82) is 0 Å². The van der Waals surface area contributed by atoms with Crippen LogP contribution in [-0.4, -0.2) is 29.7 Å². The molecule has 1 amide bonds. The third-order valence-corrected chi connectivity index (χ3v) is 1.37. The maximum absolute atomic E-state index is 10.3. The first-order valence-corrected chi connectivity index (χ1v) is 3.62. The first kappa shape index (κ1) is 10.4. The van der Waals surface area contributed by atoms with Crippen LogP contribution in [0.1, 0.15) is 20.3 Å². The molecule has 4 heteroatoms. The second-order valence-electron chi connectivity index (χ2n) is 3.19. The number of nitrogens with two attached hydrogens (primary N) is 1. The first-order chi connectivity index (χ1) is 4.98. The van der Waals surface area contributed by atoms with Gasteiger partial charge in [-0.25, -0.2) is 0 Å². The highest BCUT2D eigenvalue weighted by Gasteiger charge is 2.14. The second kappa shape index (κ2) is 4.31. The minimum Gasteiger partial charge on any atom is -0.394 e. The van der Waals surface area contributed by atoms with E-state index in [0.717, 1.165) is 0 Å². The normalized spacial score (nSPS) is 11.5. The van der Waals surface area contributed by atoms with E-state index in [1.54, 1.807) is 0 Å². The van der Waals surface area contributed by atoms with Crippen LogP contribution in [0, 0.1) is 0 Å². The number of aliphatic hydroxyl groups is 1. The summed E-state index contributed by atoms with van der Waals surface area (Å²) in [6, 6.07) is 0. The van der Waals surface area contributed by atoms with Crippen LogP contribution >= 0.6 is 0 Å². The van der Waals surface area contributed by atoms with Crippen LogP contribution in [0.2, 0.25) is 0 Å². The van der Waals surface area contributed by atoms with Gasteiger partial charge in [-0.15, -0.1) is 0 Å². The predicted octanol–water partition coefficient (Wildman–Crippen LogP) is -0.778. The topological polar surface area (TPSA) is 75.3 Å². The summed E-state index contributed by atoms with van der Waals surface area (Å²) in [5, 5.41) is 11.8. The highest BCUT2D eigenvalue weighted by molar-refractivity contribution is 5.73. The third-order valence-electron chi connectivity index (χ3n) is 1.37. The number of nitrogens with one attached hydrogen (secondary N) is 1. The molecule has 66 valence electrons. The molecule has 0 aromatic heterocycles. The summed E-state index contributed by atoms with van der Waals surface area (Å²) in [4.78, 5) is 10.3. The average molecular weight is 160 g/mol. The zero-order valence-electron chi connectivity index (χ0n) is 7.05. The van der Waals surface area contributed by atoms with E-state index in [9.17, 15) is 4.79 Å². The molecule has 0 atom stereocenters. The van der Waals surface area contributed by atoms with Crippen molar-refractivity contribution in [3.05, 3.63) is 0 Å². The van der Waals surface area contributed by atoms with E-state index in [4.69, 9.17) is 10.8 Å². The molecule has 0 saturated carbocycles. The Morgan fingerprint density at radius 1 is 1.64 bits per heavy atom. The molecule has 0 aromatic carbocycles. The zero-order valence-corrected chi connectivity index (χ0v) is 7.05. The summed E-state index contributed by atoms with van der Waals surface area (Å²) >= 11 is 0. The van der Waals surface area contributed by atoms with Gasteiger partial charge in [0.05, 0.1) is 6.61 Å².